The molecule has 0 radical (unpaired) electrons. The fourth-order valence-corrected chi connectivity index (χ4v) is 2.28. The van der Waals surface area contributed by atoms with Gasteiger partial charge in [-0.1, -0.05) is 30.7 Å². The third-order valence-corrected chi connectivity index (χ3v) is 3.87. The lowest BCUT2D eigenvalue weighted by Crippen LogP contribution is -2.49. The zero-order chi connectivity index (χ0) is 13.1. The molecule has 1 atom stereocenters. The molecular formula is C14H20Cl2N2O. The summed E-state index contributed by atoms with van der Waals surface area (Å²) in [7, 11) is 1.86. The van der Waals surface area contributed by atoms with Gasteiger partial charge in [0.25, 0.3) is 0 Å². The van der Waals surface area contributed by atoms with E-state index in [2.05, 4.69) is 5.32 Å². The van der Waals surface area contributed by atoms with Crippen LogP contribution in [-0.2, 0) is 11.3 Å². The van der Waals surface area contributed by atoms with Crippen LogP contribution < -0.4 is 5.32 Å². The lowest BCUT2D eigenvalue weighted by Gasteiger charge is -2.34. The summed E-state index contributed by atoms with van der Waals surface area (Å²) < 4.78 is 0. The summed E-state index contributed by atoms with van der Waals surface area (Å²) >= 11 is 5.84. The van der Waals surface area contributed by atoms with Gasteiger partial charge in [-0.3, -0.25) is 4.79 Å². The van der Waals surface area contributed by atoms with Crippen LogP contribution in [0.2, 0.25) is 5.02 Å². The second kappa shape index (κ2) is 7.13. The molecule has 1 fully saturated rings. The van der Waals surface area contributed by atoms with Gasteiger partial charge in [0.1, 0.15) is 0 Å². The second-order valence-electron chi connectivity index (χ2n) is 5.03. The van der Waals surface area contributed by atoms with Crippen LogP contribution >= 0.6 is 24.0 Å². The van der Waals surface area contributed by atoms with Crippen molar-refractivity contribution in [2.24, 2.45) is 11.8 Å². The standard InChI is InChI=1S/C14H19ClN2O.ClH/c1-10(12-7-16-8-12)14(18)17(2)9-11-3-5-13(15)6-4-11;/h3-6,10,12,16H,7-9H2,1-2H3;1H. The molecule has 1 saturated heterocycles. The molecule has 2 rings (SSSR count). The Balaban J connectivity index is 0.00000180. The SMILES string of the molecule is CC(C(=O)N(C)Cc1ccc(Cl)cc1)C1CNC1.Cl. The van der Waals surface area contributed by atoms with Gasteiger partial charge in [0.15, 0.2) is 0 Å². The van der Waals surface area contributed by atoms with Gasteiger partial charge < -0.3 is 10.2 Å². The van der Waals surface area contributed by atoms with E-state index in [-0.39, 0.29) is 24.2 Å². The number of hydrogen-bond donors (Lipinski definition) is 1. The van der Waals surface area contributed by atoms with Crippen LogP contribution in [0, 0.1) is 11.8 Å². The maximum Gasteiger partial charge on any atom is 0.225 e. The highest BCUT2D eigenvalue weighted by molar-refractivity contribution is 6.30. The Morgan fingerprint density at radius 3 is 2.47 bits per heavy atom. The molecule has 0 aliphatic carbocycles. The van der Waals surface area contributed by atoms with E-state index in [1.54, 1.807) is 4.90 Å². The Bertz CT molecular complexity index is 418. The summed E-state index contributed by atoms with van der Waals surface area (Å²) in [5.41, 5.74) is 1.11. The van der Waals surface area contributed by atoms with Crippen LogP contribution in [0.1, 0.15) is 12.5 Å². The van der Waals surface area contributed by atoms with Gasteiger partial charge >= 0.3 is 0 Å². The molecule has 0 spiro atoms. The molecule has 1 unspecified atom stereocenters. The Labute approximate surface area is 125 Å². The number of benzene rings is 1. The summed E-state index contributed by atoms with van der Waals surface area (Å²) in [6.45, 7) is 4.58. The highest BCUT2D eigenvalue weighted by Gasteiger charge is 2.30. The summed E-state index contributed by atoms with van der Waals surface area (Å²) in [5.74, 6) is 0.810. The van der Waals surface area contributed by atoms with E-state index in [1.165, 1.54) is 0 Å². The number of hydrogen-bond acceptors (Lipinski definition) is 2. The quantitative estimate of drug-likeness (QED) is 0.927. The fraction of sp³-hybridized carbons (Fsp3) is 0.500. The minimum absolute atomic E-state index is 0. The summed E-state index contributed by atoms with van der Waals surface area (Å²) in [5, 5.41) is 3.93. The molecule has 1 aromatic carbocycles. The van der Waals surface area contributed by atoms with E-state index >= 15 is 0 Å². The molecule has 19 heavy (non-hydrogen) atoms. The summed E-state index contributed by atoms with van der Waals surface area (Å²) in [6, 6.07) is 7.63. The molecule has 5 heteroatoms. The van der Waals surface area contributed by atoms with Crippen molar-refractivity contribution >= 4 is 29.9 Å². The van der Waals surface area contributed by atoms with E-state index in [1.807, 2.05) is 38.2 Å². The van der Waals surface area contributed by atoms with Gasteiger partial charge in [-0.25, -0.2) is 0 Å². The van der Waals surface area contributed by atoms with Crippen molar-refractivity contribution in [3.05, 3.63) is 34.9 Å². The van der Waals surface area contributed by atoms with Crippen LogP contribution in [0.5, 0.6) is 0 Å². The Kier molecular flexibility index (Phi) is 6.11. The van der Waals surface area contributed by atoms with E-state index in [0.29, 0.717) is 12.5 Å². The largest absolute Gasteiger partial charge is 0.341 e. The minimum atomic E-state index is 0. The Morgan fingerprint density at radius 1 is 1.42 bits per heavy atom. The molecule has 0 saturated carbocycles. The van der Waals surface area contributed by atoms with Crippen LogP contribution in [0.4, 0.5) is 0 Å². The maximum absolute atomic E-state index is 12.2. The molecule has 106 valence electrons. The lowest BCUT2D eigenvalue weighted by atomic mass is 9.88. The average Bonchev–Trinajstić information content (AvgIpc) is 2.28. The predicted molar refractivity (Wildman–Crippen MR) is 80.7 cm³/mol. The van der Waals surface area contributed by atoms with Crippen molar-refractivity contribution in [3.8, 4) is 0 Å². The molecule has 3 nitrogen and oxygen atoms in total. The highest BCUT2D eigenvalue weighted by Crippen LogP contribution is 2.19. The first-order valence-corrected chi connectivity index (χ1v) is 6.66. The van der Waals surface area contributed by atoms with Crippen molar-refractivity contribution in [2.75, 3.05) is 20.1 Å². The van der Waals surface area contributed by atoms with Crippen LogP contribution in [0.3, 0.4) is 0 Å². The fourth-order valence-electron chi connectivity index (χ4n) is 2.16. The molecule has 1 aliphatic rings. The van der Waals surface area contributed by atoms with Gasteiger partial charge in [0, 0.05) is 24.5 Å². The van der Waals surface area contributed by atoms with Crippen molar-refractivity contribution in [2.45, 2.75) is 13.5 Å². The van der Waals surface area contributed by atoms with E-state index in [4.69, 9.17) is 11.6 Å². The molecule has 1 heterocycles. The molecular weight excluding hydrogens is 283 g/mol. The second-order valence-corrected chi connectivity index (χ2v) is 5.46. The monoisotopic (exact) mass is 302 g/mol. The molecule has 1 N–H and O–H groups in total. The van der Waals surface area contributed by atoms with Crippen LogP contribution in [0.25, 0.3) is 0 Å². The third kappa shape index (κ3) is 4.10. The average molecular weight is 303 g/mol. The molecule has 1 aliphatic heterocycles. The zero-order valence-corrected chi connectivity index (χ0v) is 12.8. The number of amides is 1. The third-order valence-electron chi connectivity index (χ3n) is 3.62. The molecule has 0 aromatic heterocycles. The van der Waals surface area contributed by atoms with E-state index in [9.17, 15) is 4.79 Å². The topological polar surface area (TPSA) is 32.3 Å². The number of halogens is 2. The Hall–Kier alpha value is -0.770. The Morgan fingerprint density at radius 2 is 2.00 bits per heavy atom. The van der Waals surface area contributed by atoms with E-state index < -0.39 is 0 Å². The van der Waals surface area contributed by atoms with Crippen molar-refractivity contribution in [3.63, 3.8) is 0 Å². The van der Waals surface area contributed by atoms with Crippen molar-refractivity contribution in [1.29, 1.82) is 0 Å². The highest BCUT2D eigenvalue weighted by atomic mass is 35.5. The van der Waals surface area contributed by atoms with Crippen LogP contribution in [0.15, 0.2) is 24.3 Å². The minimum Gasteiger partial charge on any atom is -0.341 e. The maximum atomic E-state index is 12.2. The summed E-state index contributed by atoms with van der Waals surface area (Å²) in [4.78, 5) is 14.0. The number of carbonyl (C=O) groups excluding carboxylic acids is 1. The number of nitrogens with one attached hydrogen (secondary N) is 1. The van der Waals surface area contributed by atoms with Crippen LogP contribution in [-0.4, -0.2) is 30.9 Å². The van der Waals surface area contributed by atoms with Gasteiger partial charge in [0.05, 0.1) is 0 Å². The number of rotatable bonds is 4. The first-order chi connectivity index (χ1) is 8.58. The first kappa shape index (κ1) is 16.3. The van der Waals surface area contributed by atoms with E-state index in [0.717, 1.165) is 23.7 Å². The predicted octanol–water partition coefficient (Wildman–Crippen LogP) is 2.58. The van der Waals surface area contributed by atoms with Gasteiger partial charge in [0.2, 0.25) is 5.91 Å². The van der Waals surface area contributed by atoms with Crippen molar-refractivity contribution in [1.82, 2.24) is 10.2 Å². The molecule has 1 amide bonds. The smallest absolute Gasteiger partial charge is 0.225 e. The van der Waals surface area contributed by atoms with Gasteiger partial charge in [-0.2, -0.15) is 0 Å². The lowest BCUT2D eigenvalue weighted by molar-refractivity contribution is -0.136. The summed E-state index contributed by atoms with van der Waals surface area (Å²) in [6.07, 6.45) is 0. The zero-order valence-electron chi connectivity index (χ0n) is 11.2. The number of carbonyl (C=O) groups is 1. The van der Waals surface area contributed by atoms with Crippen molar-refractivity contribution < 1.29 is 4.79 Å². The van der Waals surface area contributed by atoms with Gasteiger partial charge in [-0.15, -0.1) is 12.4 Å². The molecule has 1 aromatic rings. The first-order valence-electron chi connectivity index (χ1n) is 6.28. The normalized spacial score (nSPS) is 16.2. The molecule has 0 bridgehead atoms. The number of nitrogens with zero attached hydrogens (tertiary/aromatic N) is 1. The van der Waals surface area contributed by atoms with Gasteiger partial charge in [-0.05, 0) is 36.7 Å².